The summed E-state index contributed by atoms with van der Waals surface area (Å²) in [6.07, 6.45) is 1.75. The van der Waals surface area contributed by atoms with Crippen molar-refractivity contribution in [1.29, 1.82) is 0 Å². The Morgan fingerprint density at radius 1 is 1.06 bits per heavy atom. The lowest BCUT2D eigenvalue weighted by molar-refractivity contribution is 0.478. The van der Waals surface area contributed by atoms with Crippen LogP contribution in [-0.2, 0) is 6.54 Å². The number of pyridine rings is 1. The smallest absolute Gasteiger partial charge is 0.145 e. The van der Waals surface area contributed by atoms with E-state index < -0.39 is 0 Å². The summed E-state index contributed by atoms with van der Waals surface area (Å²) in [5.41, 5.74) is 3.40. The van der Waals surface area contributed by atoms with Crippen molar-refractivity contribution >= 4 is 0 Å². The lowest BCUT2D eigenvalue weighted by Gasteiger charge is -2.08. The fraction of sp³-hybridized carbons (Fsp3) is 0.267. The maximum Gasteiger partial charge on any atom is 0.145 e. The largest absolute Gasteiger partial charge is 0.456 e. The number of ether oxygens (including phenoxy) is 1. The second-order valence-corrected chi connectivity index (χ2v) is 4.44. The SMILES string of the molecule is CNCc1ccc(Oc2cc(C)cc(C)c2)cn1. The van der Waals surface area contributed by atoms with Gasteiger partial charge in [0.15, 0.2) is 0 Å². The van der Waals surface area contributed by atoms with Crippen molar-refractivity contribution in [3.05, 3.63) is 53.3 Å². The first-order valence-electron chi connectivity index (χ1n) is 6.03. The van der Waals surface area contributed by atoms with Crippen LogP contribution in [0.2, 0.25) is 0 Å². The summed E-state index contributed by atoms with van der Waals surface area (Å²) in [5.74, 6) is 1.62. The van der Waals surface area contributed by atoms with E-state index in [1.54, 1.807) is 6.20 Å². The third-order valence-electron chi connectivity index (χ3n) is 2.59. The Labute approximate surface area is 108 Å². The van der Waals surface area contributed by atoms with Gasteiger partial charge in [-0.05, 0) is 56.3 Å². The van der Waals surface area contributed by atoms with E-state index in [1.165, 1.54) is 11.1 Å². The van der Waals surface area contributed by atoms with Gasteiger partial charge in [0.05, 0.1) is 11.9 Å². The summed E-state index contributed by atoms with van der Waals surface area (Å²) in [6.45, 7) is 4.89. The summed E-state index contributed by atoms with van der Waals surface area (Å²) < 4.78 is 5.79. The first kappa shape index (κ1) is 12.6. The van der Waals surface area contributed by atoms with Gasteiger partial charge in [-0.25, -0.2) is 0 Å². The highest BCUT2D eigenvalue weighted by atomic mass is 16.5. The molecule has 0 radical (unpaired) electrons. The molecule has 3 nitrogen and oxygen atoms in total. The first-order chi connectivity index (χ1) is 8.67. The molecule has 0 aliphatic rings. The lowest BCUT2D eigenvalue weighted by atomic mass is 10.1. The molecule has 94 valence electrons. The van der Waals surface area contributed by atoms with Crippen molar-refractivity contribution in [2.75, 3.05) is 7.05 Å². The minimum Gasteiger partial charge on any atom is -0.456 e. The van der Waals surface area contributed by atoms with Crippen LogP contribution in [-0.4, -0.2) is 12.0 Å². The molecule has 1 aromatic heterocycles. The Hall–Kier alpha value is -1.87. The van der Waals surface area contributed by atoms with E-state index in [4.69, 9.17) is 4.74 Å². The van der Waals surface area contributed by atoms with Gasteiger partial charge in [-0.2, -0.15) is 0 Å². The van der Waals surface area contributed by atoms with Crippen LogP contribution < -0.4 is 10.1 Å². The molecule has 0 bridgehead atoms. The molecular formula is C15H18N2O. The first-order valence-corrected chi connectivity index (χ1v) is 6.03. The van der Waals surface area contributed by atoms with Crippen LogP contribution in [0.3, 0.4) is 0 Å². The van der Waals surface area contributed by atoms with E-state index in [0.717, 1.165) is 23.7 Å². The van der Waals surface area contributed by atoms with E-state index in [-0.39, 0.29) is 0 Å². The second kappa shape index (κ2) is 5.65. The van der Waals surface area contributed by atoms with Gasteiger partial charge in [0.1, 0.15) is 11.5 Å². The quantitative estimate of drug-likeness (QED) is 0.894. The molecule has 0 unspecified atom stereocenters. The molecule has 3 heteroatoms. The van der Waals surface area contributed by atoms with Crippen LogP contribution in [0.25, 0.3) is 0 Å². The van der Waals surface area contributed by atoms with E-state index >= 15 is 0 Å². The minimum atomic E-state index is 0.764. The molecule has 0 fully saturated rings. The Morgan fingerprint density at radius 3 is 2.33 bits per heavy atom. The van der Waals surface area contributed by atoms with Gasteiger partial charge in [0.2, 0.25) is 0 Å². The molecular weight excluding hydrogens is 224 g/mol. The molecule has 1 heterocycles. The molecule has 0 spiro atoms. The summed E-state index contributed by atoms with van der Waals surface area (Å²) >= 11 is 0. The molecule has 0 saturated carbocycles. The van der Waals surface area contributed by atoms with Crippen molar-refractivity contribution < 1.29 is 4.74 Å². The number of aryl methyl sites for hydroxylation is 2. The molecule has 2 rings (SSSR count). The average molecular weight is 242 g/mol. The topological polar surface area (TPSA) is 34.1 Å². The zero-order valence-electron chi connectivity index (χ0n) is 11.0. The lowest BCUT2D eigenvalue weighted by Crippen LogP contribution is -2.06. The fourth-order valence-corrected chi connectivity index (χ4v) is 1.88. The van der Waals surface area contributed by atoms with Crippen molar-refractivity contribution in [2.24, 2.45) is 0 Å². The molecule has 0 amide bonds. The van der Waals surface area contributed by atoms with Gasteiger partial charge in [-0.1, -0.05) is 6.07 Å². The number of nitrogens with one attached hydrogen (secondary N) is 1. The Bertz CT molecular complexity index is 500. The number of nitrogens with zero attached hydrogens (tertiary/aromatic N) is 1. The number of hydrogen-bond donors (Lipinski definition) is 1. The molecule has 0 saturated heterocycles. The number of aromatic nitrogens is 1. The Kier molecular flexibility index (Phi) is 3.95. The maximum atomic E-state index is 5.79. The van der Waals surface area contributed by atoms with Crippen LogP contribution in [0.4, 0.5) is 0 Å². The van der Waals surface area contributed by atoms with Gasteiger partial charge in [-0.15, -0.1) is 0 Å². The normalized spacial score (nSPS) is 10.4. The molecule has 1 N–H and O–H groups in total. The summed E-state index contributed by atoms with van der Waals surface area (Å²) in [5, 5.41) is 3.06. The summed E-state index contributed by atoms with van der Waals surface area (Å²) in [6, 6.07) is 10.1. The number of hydrogen-bond acceptors (Lipinski definition) is 3. The Morgan fingerprint density at radius 2 is 1.78 bits per heavy atom. The van der Waals surface area contributed by atoms with Gasteiger partial charge < -0.3 is 10.1 Å². The summed E-state index contributed by atoms with van der Waals surface area (Å²) in [4.78, 5) is 4.32. The zero-order valence-corrected chi connectivity index (χ0v) is 11.0. The fourth-order valence-electron chi connectivity index (χ4n) is 1.88. The third kappa shape index (κ3) is 3.31. The van der Waals surface area contributed by atoms with Crippen molar-refractivity contribution in [2.45, 2.75) is 20.4 Å². The molecule has 0 aliphatic heterocycles. The van der Waals surface area contributed by atoms with Crippen LogP contribution in [0.1, 0.15) is 16.8 Å². The predicted molar refractivity (Wildman–Crippen MR) is 73.0 cm³/mol. The van der Waals surface area contributed by atoms with Crippen LogP contribution >= 0.6 is 0 Å². The van der Waals surface area contributed by atoms with Gasteiger partial charge in [0.25, 0.3) is 0 Å². The van der Waals surface area contributed by atoms with E-state index in [0.29, 0.717) is 0 Å². The van der Waals surface area contributed by atoms with Crippen LogP contribution in [0, 0.1) is 13.8 Å². The minimum absolute atomic E-state index is 0.764. The van der Waals surface area contributed by atoms with Gasteiger partial charge in [-0.3, -0.25) is 4.98 Å². The Balaban J connectivity index is 2.13. The highest BCUT2D eigenvalue weighted by Gasteiger charge is 2.00. The van der Waals surface area contributed by atoms with Gasteiger partial charge >= 0.3 is 0 Å². The molecule has 0 aliphatic carbocycles. The average Bonchev–Trinajstić information content (AvgIpc) is 2.31. The van der Waals surface area contributed by atoms with E-state index in [9.17, 15) is 0 Å². The molecule has 0 atom stereocenters. The van der Waals surface area contributed by atoms with Crippen molar-refractivity contribution in [1.82, 2.24) is 10.3 Å². The second-order valence-electron chi connectivity index (χ2n) is 4.44. The zero-order chi connectivity index (χ0) is 13.0. The monoisotopic (exact) mass is 242 g/mol. The van der Waals surface area contributed by atoms with E-state index in [2.05, 4.69) is 30.2 Å². The molecule has 2 aromatic rings. The highest BCUT2D eigenvalue weighted by molar-refractivity contribution is 5.36. The molecule has 18 heavy (non-hydrogen) atoms. The number of rotatable bonds is 4. The van der Waals surface area contributed by atoms with Crippen molar-refractivity contribution in [3.63, 3.8) is 0 Å². The predicted octanol–water partition coefficient (Wildman–Crippen LogP) is 3.21. The van der Waals surface area contributed by atoms with Crippen LogP contribution in [0.5, 0.6) is 11.5 Å². The highest BCUT2D eigenvalue weighted by Crippen LogP contribution is 2.23. The van der Waals surface area contributed by atoms with Crippen LogP contribution in [0.15, 0.2) is 36.5 Å². The summed E-state index contributed by atoms with van der Waals surface area (Å²) in [7, 11) is 1.90. The van der Waals surface area contributed by atoms with E-state index in [1.807, 2.05) is 31.3 Å². The standard InChI is InChI=1S/C15H18N2O/c1-11-6-12(2)8-15(7-11)18-14-5-4-13(9-16-3)17-10-14/h4-8,10,16H,9H2,1-3H3. The maximum absolute atomic E-state index is 5.79. The number of benzene rings is 1. The molecule has 1 aromatic carbocycles. The van der Waals surface area contributed by atoms with Gasteiger partial charge in [0, 0.05) is 6.54 Å². The third-order valence-corrected chi connectivity index (χ3v) is 2.59. The van der Waals surface area contributed by atoms with Crippen molar-refractivity contribution in [3.8, 4) is 11.5 Å².